The van der Waals surface area contributed by atoms with Gasteiger partial charge in [0.1, 0.15) is 0 Å². The van der Waals surface area contributed by atoms with E-state index in [0.717, 1.165) is 32.1 Å². The van der Waals surface area contributed by atoms with Crippen molar-refractivity contribution in [2.45, 2.75) is 58.4 Å². The molecule has 0 heterocycles. The minimum atomic E-state index is 0.261. The first-order valence-corrected chi connectivity index (χ1v) is 6.47. The molecule has 0 atom stereocenters. The molecule has 1 N–H and O–H groups in total. The Morgan fingerprint density at radius 2 is 2.00 bits per heavy atom. The lowest BCUT2D eigenvalue weighted by atomic mass is 9.83. The number of rotatable bonds is 8. The average molecular weight is 213 g/mol. The lowest BCUT2D eigenvalue weighted by Crippen LogP contribution is -2.40. The largest absolute Gasteiger partial charge is 0.380 e. The van der Waals surface area contributed by atoms with Gasteiger partial charge >= 0.3 is 0 Å². The highest BCUT2D eigenvalue weighted by molar-refractivity contribution is 4.74. The van der Waals surface area contributed by atoms with Crippen LogP contribution in [0.1, 0.15) is 52.9 Å². The summed E-state index contributed by atoms with van der Waals surface area (Å²) in [5.41, 5.74) is 0.261. The summed E-state index contributed by atoms with van der Waals surface area (Å²) >= 11 is 0. The molecule has 90 valence electrons. The van der Waals surface area contributed by atoms with Crippen molar-refractivity contribution in [1.82, 2.24) is 5.32 Å². The molecule has 1 aliphatic carbocycles. The normalized spacial score (nSPS) is 17.8. The second-order valence-corrected chi connectivity index (χ2v) is 5.36. The molecule has 0 radical (unpaired) electrons. The zero-order chi connectivity index (χ0) is 11.1. The van der Waals surface area contributed by atoms with Crippen molar-refractivity contribution in [3.05, 3.63) is 0 Å². The first kappa shape index (κ1) is 13.0. The highest BCUT2D eigenvalue weighted by Gasteiger charge is 2.16. The van der Waals surface area contributed by atoms with Crippen LogP contribution in [-0.4, -0.2) is 25.3 Å². The molecule has 0 aromatic carbocycles. The van der Waals surface area contributed by atoms with Crippen molar-refractivity contribution in [3.63, 3.8) is 0 Å². The molecule has 0 aromatic heterocycles. The third-order valence-corrected chi connectivity index (χ3v) is 3.63. The van der Waals surface area contributed by atoms with E-state index in [-0.39, 0.29) is 5.54 Å². The molecule has 15 heavy (non-hydrogen) atoms. The van der Waals surface area contributed by atoms with Gasteiger partial charge in [-0.05, 0) is 32.6 Å². The highest BCUT2D eigenvalue weighted by Crippen LogP contribution is 2.28. The summed E-state index contributed by atoms with van der Waals surface area (Å²) in [5, 5.41) is 3.50. The van der Waals surface area contributed by atoms with Crippen LogP contribution in [0.25, 0.3) is 0 Å². The molecule has 0 unspecified atom stereocenters. The van der Waals surface area contributed by atoms with Gasteiger partial charge in [-0.1, -0.05) is 26.2 Å². The number of hydrogen-bond acceptors (Lipinski definition) is 2. The average Bonchev–Trinajstić information content (AvgIpc) is 2.13. The first-order chi connectivity index (χ1) is 7.14. The molecule has 1 rings (SSSR count). The van der Waals surface area contributed by atoms with Crippen LogP contribution in [0.3, 0.4) is 0 Å². The van der Waals surface area contributed by atoms with Gasteiger partial charge in [0.05, 0.1) is 6.61 Å². The molecule has 0 amide bonds. The maximum absolute atomic E-state index is 5.62. The Balaban J connectivity index is 1.84. The minimum Gasteiger partial charge on any atom is -0.380 e. The van der Waals surface area contributed by atoms with Crippen LogP contribution in [0.2, 0.25) is 0 Å². The second kappa shape index (κ2) is 6.49. The van der Waals surface area contributed by atoms with Gasteiger partial charge in [-0.25, -0.2) is 0 Å². The Hall–Kier alpha value is -0.0800. The van der Waals surface area contributed by atoms with E-state index in [1.807, 2.05) is 0 Å². The van der Waals surface area contributed by atoms with Gasteiger partial charge in [0.25, 0.3) is 0 Å². The summed E-state index contributed by atoms with van der Waals surface area (Å²) in [7, 11) is 0. The van der Waals surface area contributed by atoms with E-state index in [9.17, 15) is 0 Å². The van der Waals surface area contributed by atoms with E-state index < -0.39 is 0 Å². The van der Waals surface area contributed by atoms with Gasteiger partial charge in [-0.3, -0.25) is 0 Å². The summed E-state index contributed by atoms with van der Waals surface area (Å²) in [6.45, 7) is 9.48. The van der Waals surface area contributed by atoms with Gasteiger partial charge in [0.15, 0.2) is 0 Å². The van der Waals surface area contributed by atoms with E-state index in [2.05, 4.69) is 26.1 Å². The van der Waals surface area contributed by atoms with E-state index in [4.69, 9.17) is 4.74 Å². The van der Waals surface area contributed by atoms with Gasteiger partial charge in [0.2, 0.25) is 0 Å². The number of nitrogens with one attached hydrogen (secondary N) is 1. The SMILES string of the molecule is CCC(C)(C)NCCOCCC1CCC1. The molecule has 2 heteroatoms. The smallest absolute Gasteiger partial charge is 0.0591 e. The van der Waals surface area contributed by atoms with E-state index in [1.54, 1.807) is 0 Å². The Kier molecular flexibility index (Phi) is 5.62. The molecule has 1 aliphatic rings. The zero-order valence-electron chi connectivity index (χ0n) is 10.6. The Bertz CT molecular complexity index is 164. The predicted molar refractivity (Wildman–Crippen MR) is 65.1 cm³/mol. The summed E-state index contributed by atoms with van der Waals surface area (Å²) in [6, 6.07) is 0. The molecule has 2 nitrogen and oxygen atoms in total. The van der Waals surface area contributed by atoms with Crippen molar-refractivity contribution in [2.24, 2.45) is 5.92 Å². The highest BCUT2D eigenvalue weighted by atomic mass is 16.5. The summed E-state index contributed by atoms with van der Waals surface area (Å²) in [5.74, 6) is 0.977. The lowest BCUT2D eigenvalue weighted by Gasteiger charge is -2.26. The Morgan fingerprint density at radius 3 is 2.53 bits per heavy atom. The molecule has 1 fully saturated rings. The van der Waals surface area contributed by atoms with E-state index in [1.165, 1.54) is 25.7 Å². The molecule has 0 aromatic rings. The monoisotopic (exact) mass is 213 g/mol. The molecule has 0 spiro atoms. The quantitative estimate of drug-likeness (QED) is 0.626. The molecule has 1 saturated carbocycles. The van der Waals surface area contributed by atoms with Gasteiger partial charge < -0.3 is 10.1 Å². The topological polar surface area (TPSA) is 21.3 Å². The van der Waals surface area contributed by atoms with E-state index in [0.29, 0.717) is 0 Å². The summed E-state index contributed by atoms with van der Waals surface area (Å²) < 4.78 is 5.62. The fourth-order valence-electron chi connectivity index (χ4n) is 1.72. The molecular weight excluding hydrogens is 186 g/mol. The lowest BCUT2D eigenvalue weighted by molar-refractivity contribution is 0.104. The van der Waals surface area contributed by atoms with Crippen molar-refractivity contribution >= 4 is 0 Å². The molecule has 0 aliphatic heterocycles. The van der Waals surface area contributed by atoms with Crippen LogP contribution in [0.15, 0.2) is 0 Å². The van der Waals surface area contributed by atoms with E-state index >= 15 is 0 Å². The molecular formula is C13H27NO. The fourth-order valence-corrected chi connectivity index (χ4v) is 1.72. The van der Waals surface area contributed by atoms with Crippen LogP contribution in [0.5, 0.6) is 0 Å². The number of hydrogen-bond donors (Lipinski definition) is 1. The molecule has 0 saturated heterocycles. The Labute approximate surface area is 94.8 Å². The maximum atomic E-state index is 5.62. The first-order valence-electron chi connectivity index (χ1n) is 6.47. The fraction of sp³-hybridized carbons (Fsp3) is 1.00. The van der Waals surface area contributed by atoms with Crippen LogP contribution < -0.4 is 5.32 Å². The van der Waals surface area contributed by atoms with Gasteiger partial charge in [0, 0.05) is 18.7 Å². The van der Waals surface area contributed by atoms with Crippen molar-refractivity contribution in [2.75, 3.05) is 19.8 Å². The second-order valence-electron chi connectivity index (χ2n) is 5.36. The van der Waals surface area contributed by atoms with Crippen LogP contribution >= 0.6 is 0 Å². The third kappa shape index (κ3) is 5.53. The predicted octanol–water partition coefficient (Wildman–Crippen LogP) is 2.97. The van der Waals surface area contributed by atoms with Crippen LogP contribution in [0.4, 0.5) is 0 Å². The summed E-state index contributed by atoms with van der Waals surface area (Å²) in [6.07, 6.45) is 6.75. The van der Waals surface area contributed by atoms with Crippen LogP contribution in [0, 0.1) is 5.92 Å². The van der Waals surface area contributed by atoms with Crippen molar-refractivity contribution in [3.8, 4) is 0 Å². The minimum absolute atomic E-state index is 0.261. The Morgan fingerprint density at radius 1 is 1.27 bits per heavy atom. The standard InChI is InChI=1S/C13H27NO/c1-4-13(2,3)14-9-11-15-10-8-12-6-5-7-12/h12,14H,4-11H2,1-3H3. The van der Waals surface area contributed by atoms with Crippen molar-refractivity contribution in [1.29, 1.82) is 0 Å². The zero-order valence-corrected chi connectivity index (χ0v) is 10.6. The van der Waals surface area contributed by atoms with Crippen molar-refractivity contribution < 1.29 is 4.74 Å². The van der Waals surface area contributed by atoms with Crippen LogP contribution in [-0.2, 0) is 4.74 Å². The van der Waals surface area contributed by atoms with Gasteiger partial charge in [-0.2, -0.15) is 0 Å². The summed E-state index contributed by atoms with van der Waals surface area (Å²) in [4.78, 5) is 0. The van der Waals surface area contributed by atoms with Gasteiger partial charge in [-0.15, -0.1) is 0 Å². The third-order valence-electron chi connectivity index (χ3n) is 3.63. The maximum Gasteiger partial charge on any atom is 0.0591 e. The molecule has 0 bridgehead atoms. The number of ether oxygens (including phenoxy) is 1.